The lowest BCUT2D eigenvalue weighted by atomic mass is 9.88. The molecule has 4 rings (SSSR count). The second-order valence-electron chi connectivity index (χ2n) is 6.49. The van der Waals surface area contributed by atoms with Gasteiger partial charge in [0.05, 0.1) is 0 Å². The van der Waals surface area contributed by atoms with Crippen molar-refractivity contribution in [1.82, 2.24) is 24.5 Å². The molecule has 6 nitrogen and oxygen atoms in total. The number of carbonyl (C=O) groups excluding carboxylic acids is 1. The van der Waals surface area contributed by atoms with Gasteiger partial charge in [0.1, 0.15) is 5.69 Å². The first-order valence-corrected chi connectivity index (χ1v) is 7.93. The monoisotopic (exact) mass is 299 g/mol. The number of hydrogen-bond donors (Lipinski definition) is 0. The Morgan fingerprint density at radius 1 is 1.05 bits per heavy atom. The fourth-order valence-electron chi connectivity index (χ4n) is 4.25. The van der Waals surface area contributed by atoms with E-state index in [9.17, 15) is 4.79 Å². The first kappa shape index (κ1) is 13.5. The lowest BCUT2D eigenvalue weighted by Gasteiger charge is -2.39. The third kappa shape index (κ3) is 1.97. The average Bonchev–Trinajstić information content (AvgIpc) is 3.17. The molecule has 116 valence electrons. The van der Waals surface area contributed by atoms with Crippen LogP contribution < -0.4 is 0 Å². The number of fused-ring (bicyclic) bond motifs is 2. The Hall–Kier alpha value is -2.11. The molecule has 0 aromatic carbocycles. The molecule has 0 spiro atoms. The maximum absolute atomic E-state index is 12.9. The summed E-state index contributed by atoms with van der Waals surface area (Å²) in [6.07, 6.45) is 7.87. The Morgan fingerprint density at radius 2 is 1.68 bits per heavy atom. The average molecular weight is 299 g/mol. The summed E-state index contributed by atoms with van der Waals surface area (Å²) < 4.78 is 3.65. The quantitative estimate of drug-likeness (QED) is 0.848. The predicted octanol–water partition coefficient (Wildman–Crippen LogP) is 1.70. The van der Waals surface area contributed by atoms with Crippen LogP contribution in [0.1, 0.15) is 47.8 Å². The summed E-state index contributed by atoms with van der Waals surface area (Å²) in [6, 6.07) is 4.62. The zero-order valence-corrected chi connectivity index (χ0v) is 13.0. The summed E-state index contributed by atoms with van der Waals surface area (Å²) in [5.74, 6) is 0.650. The molecule has 0 unspecified atom stereocenters. The minimum absolute atomic E-state index is 0.135. The van der Waals surface area contributed by atoms with Gasteiger partial charge < -0.3 is 4.90 Å². The van der Waals surface area contributed by atoms with Gasteiger partial charge in [-0.15, -0.1) is 0 Å². The number of aryl methyl sites for hydroxylation is 2. The van der Waals surface area contributed by atoms with E-state index in [4.69, 9.17) is 0 Å². The Kier molecular flexibility index (Phi) is 3.06. The van der Waals surface area contributed by atoms with Crippen molar-refractivity contribution < 1.29 is 4.79 Å². The largest absolute Gasteiger partial charge is 0.331 e. The van der Waals surface area contributed by atoms with Crippen molar-refractivity contribution in [2.24, 2.45) is 14.1 Å². The molecule has 2 bridgehead atoms. The number of amides is 1. The third-order valence-electron chi connectivity index (χ3n) is 5.28. The zero-order valence-electron chi connectivity index (χ0n) is 13.0. The molecule has 6 heteroatoms. The lowest BCUT2D eigenvalue weighted by molar-refractivity contribution is 0.0557. The van der Waals surface area contributed by atoms with Crippen LogP contribution >= 0.6 is 0 Å². The first-order chi connectivity index (χ1) is 10.6. The van der Waals surface area contributed by atoms with Crippen LogP contribution in [-0.4, -0.2) is 42.5 Å². The number of piperidine rings is 1. The van der Waals surface area contributed by atoms with Crippen LogP contribution in [0.5, 0.6) is 0 Å². The summed E-state index contributed by atoms with van der Waals surface area (Å²) in [5.41, 5.74) is 1.99. The molecule has 0 saturated carbocycles. The normalized spacial score (nSPS) is 27.4. The second-order valence-corrected chi connectivity index (χ2v) is 6.49. The highest BCUT2D eigenvalue weighted by Crippen LogP contribution is 2.43. The molecule has 2 aliphatic rings. The van der Waals surface area contributed by atoms with Gasteiger partial charge in [-0.1, -0.05) is 0 Å². The minimum atomic E-state index is 0.135. The van der Waals surface area contributed by atoms with Gasteiger partial charge in [-0.3, -0.25) is 14.2 Å². The molecule has 2 atom stereocenters. The Bertz CT molecular complexity index is 689. The van der Waals surface area contributed by atoms with Crippen molar-refractivity contribution in [3.63, 3.8) is 0 Å². The summed E-state index contributed by atoms with van der Waals surface area (Å²) >= 11 is 0. The van der Waals surface area contributed by atoms with E-state index in [0.29, 0.717) is 23.7 Å². The van der Waals surface area contributed by atoms with Crippen molar-refractivity contribution in [2.45, 2.75) is 43.7 Å². The minimum Gasteiger partial charge on any atom is -0.331 e. The highest BCUT2D eigenvalue weighted by Gasteiger charge is 2.44. The van der Waals surface area contributed by atoms with Gasteiger partial charge in [0.25, 0.3) is 5.91 Å². The number of rotatable bonds is 2. The predicted molar refractivity (Wildman–Crippen MR) is 81.4 cm³/mol. The topological polar surface area (TPSA) is 56.0 Å². The summed E-state index contributed by atoms with van der Waals surface area (Å²) in [6.45, 7) is 0. The van der Waals surface area contributed by atoms with Gasteiger partial charge in [-0.2, -0.15) is 10.2 Å². The molecular weight excluding hydrogens is 278 g/mol. The molecule has 2 aromatic rings. The van der Waals surface area contributed by atoms with Crippen LogP contribution in [0.25, 0.3) is 0 Å². The highest BCUT2D eigenvalue weighted by molar-refractivity contribution is 5.93. The summed E-state index contributed by atoms with van der Waals surface area (Å²) in [7, 11) is 3.84. The van der Waals surface area contributed by atoms with E-state index in [-0.39, 0.29) is 5.91 Å². The summed E-state index contributed by atoms with van der Waals surface area (Å²) in [5, 5.41) is 8.42. The van der Waals surface area contributed by atoms with E-state index in [1.54, 1.807) is 10.9 Å². The van der Waals surface area contributed by atoms with Crippen molar-refractivity contribution in [2.75, 3.05) is 0 Å². The Labute approximate surface area is 129 Å². The van der Waals surface area contributed by atoms with Crippen molar-refractivity contribution >= 4 is 5.91 Å². The molecule has 0 radical (unpaired) electrons. The van der Waals surface area contributed by atoms with Crippen LogP contribution in [0, 0.1) is 0 Å². The van der Waals surface area contributed by atoms with Gasteiger partial charge in [0.15, 0.2) is 0 Å². The van der Waals surface area contributed by atoms with Crippen LogP contribution in [0.15, 0.2) is 24.5 Å². The Morgan fingerprint density at radius 3 is 2.23 bits per heavy atom. The number of carbonyl (C=O) groups is 1. The molecule has 0 N–H and O–H groups in total. The molecular formula is C16H21N5O. The fourth-order valence-corrected chi connectivity index (χ4v) is 4.25. The van der Waals surface area contributed by atoms with E-state index in [0.717, 1.165) is 25.7 Å². The SMILES string of the molecule is Cn1nccc1C(=O)N1[C@H]2CC[C@H]1CC(c1ccnn1C)C2. The van der Waals surface area contributed by atoms with E-state index < -0.39 is 0 Å². The van der Waals surface area contributed by atoms with Gasteiger partial charge in [0.2, 0.25) is 0 Å². The van der Waals surface area contributed by atoms with Gasteiger partial charge in [-0.05, 0) is 37.8 Å². The van der Waals surface area contributed by atoms with E-state index in [2.05, 4.69) is 21.2 Å². The molecule has 2 aromatic heterocycles. The van der Waals surface area contributed by atoms with E-state index >= 15 is 0 Å². The maximum Gasteiger partial charge on any atom is 0.272 e. The van der Waals surface area contributed by atoms with Crippen LogP contribution in [0.2, 0.25) is 0 Å². The molecule has 4 heterocycles. The molecule has 1 amide bonds. The van der Waals surface area contributed by atoms with Crippen LogP contribution in [0.3, 0.4) is 0 Å². The molecule has 2 aliphatic heterocycles. The maximum atomic E-state index is 12.9. The summed E-state index contributed by atoms with van der Waals surface area (Å²) in [4.78, 5) is 15.0. The standard InChI is InChI=1S/C16H21N5O/c1-19-14(5-7-17-19)11-9-12-3-4-13(10-11)21(12)16(22)15-6-8-18-20(15)2/h5-8,11-13H,3-4,9-10H2,1-2H3/t12-,13-/m0/s1. The molecule has 2 saturated heterocycles. The molecule has 2 fully saturated rings. The Balaban J connectivity index is 1.58. The second kappa shape index (κ2) is 4.97. The molecule has 22 heavy (non-hydrogen) atoms. The van der Waals surface area contributed by atoms with E-state index in [1.165, 1.54) is 5.69 Å². The van der Waals surface area contributed by atoms with E-state index in [1.807, 2.05) is 31.0 Å². The highest BCUT2D eigenvalue weighted by atomic mass is 16.2. The van der Waals surface area contributed by atoms with Crippen LogP contribution in [-0.2, 0) is 14.1 Å². The lowest BCUT2D eigenvalue weighted by Crippen LogP contribution is -2.46. The zero-order chi connectivity index (χ0) is 15.3. The number of nitrogens with zero attached hydrogens (tertiary/aromatic N) is 5. The van der Waals surface area contributed by atoms with Gasteiger partial charge in [0, 0.05) is 50.2 Å². The van der Waals surface area contributed by atoms with Crippen molar-refractivity contribution in [3.8, 4) is 0 Å². The van der Waals surface area contributed by atoms with Crippen LogP contribution in [0.4, 0.5) is 0 Å². The van der Waals surface area contributed by atoms with Crippen molar-refractivity contribution in [1.29, 1.82) is 0 Å². The van der Waals surface area contributed by atoms with Crippen molar-refractivity contribution in [3.05, 3.63) is 35.9 Å². The van der Waals surface area contributed by atoms with Gasteiger partial charge >= 0.3 is 0 Å². The number of aromatic nitrogens is 4. The molecule has 0 aliphatic carbocycles. The smallest absolute Gasteiger partial charge is 0.272 e. The van der Waals surface area contributed by atoms with Gasteiger partial charge in [-0.25, -0.2) is 0 Å². The third-order valence-corrected chi connectivity index (χ3v) is 5.28. The fraction of sp³-hybridized carbons (Fsp3) is 0.562. The number of hydrogen-bond acceptors (Lipinski definition) is 3. The first-order valence-electron chi connectivity index (χ1n) is 7.93.